The first-order valence-electron chi connectivity index (χ1n) is 8.87. The third-order valence-electron chi connectivity index (χ3n) is 4.17. The number of esters is 1. The smallest absolute Gasteiger partial charge is 0.308 e. The lowest BCUT2D eigenvalue weighted by molar-refractivity contribution is -0.254. The third-order valence-corrected chi connectivity index (χ3v) is 4.17. The second kappa shape index (κ2) is 9.55. The van der Waals surface area contributed by atoms with Crippen LogP contribution >= 0.6 is 0 Å². The zero-order valence-corrected chi connectivity index (χ0v) is 16.0. The fourth-order valence-corrected chi connectivity index (χ4v) is 2.60. The highest BCUT2D eigenvalue weighted by Crippen LogP contribution is 2.28. The minimum absolute atomic E-state index is 0.0275. The van der Waals surface area contributed by atoms with Crippen molar-refractivity contribution in [1.82, 2.24) is 0 Å². The van der Waals surface area contributed by atoms with Crippen LogP contribution in [0.15, 0.2) is 42.5 Å². The number of hydrogen-bond donors (Lipinski definition) is 1. The van der Waals surface area contributed by atoms with Gasteiger partial charge >= 0.3 is 5.97 Å². The van der Waals surface area contributed by atoms with Crippen LogP contribution in [-0.4, -0.2) is 24.5 Å². The van der Waals surface area contributed by atoms with Gasteiger partial charge in [0.15, 0.2) is 6.61 Å². The fourth-order valence-electron chi connectivity index (χ4n) is 2.60. The third kappa shape index (κ3) is 5.57. The summed E-state index contributed by atoms with van der Waals surface area (Å²) in [5, 5.41) is 13.8. The fraction of sp³-hybridized carbons (Fsp3) is 0.286. The molecule has 0 fully saturated rings. The summed E-state index contributed by atoms with van der Waals surface area (Å²) in [6.07, 6.45) is 0.927. The van der Waals surface area contributed by atoms with Gasteiger partial charge in [-0.15, -0.1) is 0 Å². The Morgan fingerprint density at radius 3 is 2.50 bits per heavy atom. The lowest BCUT2D eigenvalue weighted by atomic mass is 9.98. The van der Waals surface area contributed by atoms with E-state index in [1.54, 1.807) is 6.07 Å². The van der Waals surface area contributed by atoms with Gasteiger partial charge in [0, 0.05) is 12.5 Å². The Morgan fingerprint density at radius 1 is 1.14 bits per heavy atom. The molecule has 0 radical (unpaired) electrons. The molecule has 0 saturated heterocycles. The highest BCUT2D eigenvalue weighted by Gasteiger charge is 2.13. The van der Waals surface area contributed by atoms with Crippen LogP contribution in [-0.2, 0) is 9.59 Å². The number of ether oxygens (including phenoxy) is 2. The van der Waals surface area contributed by atoms with E-state index in [1.807, 2.05) is 18.2 Å². The molecule has 0 saturated carbocycles. The molecular formula is C21H22NO6-. The SMILES string of the molecule is CC[C@@H](C)c1ccccc1OCC(=O)Nc1ccc(OC(C)=O)cc1C(=O)[O-]. The lowest BCUT2D eigenvalue weighted by Crippen LogP contribution is -2.26. The van der Waals surface area contributed by atoms with Crippen LogP contribution in [0.5, 0.6) is 11.5 Å². The number of aromatic carboxylic acids is 1. The van der Waals surface area contributed by atoms with Gasteiger partial charge in [-0.3, -0.25) is 9.59 Å². The minimum atomic E-state index is -1.51. The van der Waals surface area contributed by atoms with Crippen molar-refractivity contribution in [3.05, 3.63) is 53.6 Å². The monoisotopic (exact) mass is 384 g/mol. The van der Waals surface area contributed by atoms with Crippen molar-refractivity contribution in [1.29, 1.82) is 0 Å². The number of nitrogens with one attached hydrogen (secondary N) is 1. The highest BCUT2D eigenvalue weighted by atomic mass is 16.5. The molecule has 2 aromatic rings. The van der Waals surface area contributed by atoms with E-state index in [9.17, 15) is 19.5 Å². The maximum atomic E-state index is 12.2. The summed E-state index contributed by atoms with van der Waals surface area (Å²) in [5.74, 6) is -1.69. The number of carbonyl (C=O) groups is 3. The van der Waals surface area contributed by atoms with Crippen molar-refractivity contribution >= 4 is 23.5 Å². The molecule has 7 heteroatoms. The maximum absolute atomic E-state index is 12.2. The summed E-state index contributed by atoms with van der Waals surface area (Å²) in [6, 6.07) is 11.3. The van der Waals surface area contributed by atoms with Gasteiger partial charge in [0.25, 0.3) is 5.91 Å². The summed E-state index contributed by atoms with van der Waals surface area (Å²) in [6.45, 7) is 5.04. The lowest BCUT2D eigenvalue weighted by Gasteiger charge is -2.16. The van der Waals surface area contributed by atoms with E-state index < -0.39 is 17.8 Å². The first-order valence-corrected chi connectivity index (χ1v) is 8.87. The van der Waals surface area contributed by atoms with E-state index in [0.29, 0.717) is 5.75 Å². The van der Waals surface area contributed by atoms with E-state index in [-0.39, 0.29) is 29.5 Å². The second-order valence-corrected chi connectivity index (χ2v) is 6.27. The predicted octanol–water partition coefficient (Wildman–Crippen LogP) is 2.51. The average Bonchev–Trinajstić information content (AvgIpc) is 2.66. The summed E-state index contributed by atoms with van der Waals surface area (Å²) >= 11 is 0. The van der Waals surface area contributed by atoms with Crippen molar-refractivity contribution in [3.63, 3.8) is 0 Å². The van der Waals surface area contributed by atoms with Gasteiger partial charge in [-0.05, 0) is 42.2 Å². The molecule has 0 spiro atoms. The minimum Gasteiger partial charge on any atom is -0.545 e. The van der Waals surface area contributed by atoms with Gasteiger partial charge in [-0.25, -0.2) is 0 Å². The van der Waals surface area contributed by atoms with Crippen molar-refractivity contribution < 1.29 is 29.0 Å². The average molecular weight is 384 g/mol. The van der Waals surface area contributed by atoms with Crippen LogP contribution in [0.25, 0.3) is 0 Å². The number of rotatable bonds is 8. The van der Waals surface area contributed by atoms with Crippen LogP contribution in [0.4, 0.5) is 5.69 Å². The largest absolute Gasteiger partial charge is 0.545 e. The number of carboxylic acid groups (broad SMARTS) is 1. The zero-order chi connectivity index (χ0) is 20.7. The first kappa shape index (κ1) is 21.0. The molecule has 0 heterocycles. The van der Waals surface area contributed by atoms with Crippen molar-refractivity contribution in [2.45, 2.75) is 33.1 Å². The van der Waals surface area contributed by atoms with Crippen LogP contribution in [0.1, 0.15) is 49.0 Å². The number of amides is 1. The van der Waals surface area contributed by atoms with Crippen LogP contribution in [0.2, 0.25) is 0 Å². The Labute approximate surface area is 163 Å². The number of anilines is 1. The van der Waals surface area contributed by atoms with E-state index in [2.05, 4.69) is 19.2 Å². The Bertz CT molecular complexity index is 877. The molecule has 148 valence electrons. The van der Waals surface area contributed by atoms with Gasteiger partial charge in [0.1, 0.15) is 11.5 Å². The van der Waals surface area contributed by atoms with E-state index in [1.165, 1.54) is 19.1 Å². The van der Waals surface area contributed by atoms with E-state index in [0.717, 1.165) is 18.1 Å². The number of para-hydroxylation sites is 1. The normalized spacial score (nSPS) is 11.4. The molecule has 0 unspecified atom stereocenters. The highest BCUT2D eigenvalue weighted by molar-refractivity contribution is 6.00. The molecule has 0 bridgehead atoms. The molecule has 7 nitrogen and oxygen atoms in total. The summed E-state index contributed by atoms with van der Waals surface area (Å²) in [4.78, 5) is 34.6. The Morgan fingerprint density at radius 2 is 1.86 bits per heavy atom. The van der Waals surface area contributed by atoms with Gasteiger partial charge in [0.05, 0.1) is 11.7 Å². The molecule has 0 aromatic heterocycles. The molecule has 1 amide bonds. The quantitative estimate of drug-likeness (QED) is 0.554. The standard InChI is InChI=1S/C21H23NO6/c1-4-13(2)16-7-5-6-8-19(16)27-12-20(24)22-18-10-9-15(28-14(3)23)11-17(18)21(25)26/h5-11,13H,4,12H2,1-3H3,(H,22,24)(H,25,26)/p-1/t13-/m1/s1. The predicted molar refractivity (Wildman–Crippen MR) is 101 cm³/mol. The number of carbonyl (C=O) groups excluding carboxylic acids is 3. The molecule has 28 heavy (non-hydrogen) atoms. The Kier molecular flexibility index (Phi) is 7.14. The van der Waals surface area contributed by atoms with Gasteiger partial charge in [-0.1, -0.05) is 32.0 Å². The van der Waals surface area contributed by atoms with Crippen LogP contribution < -0.4 is 19.9 Å². The molecule has 1 N–H and O–H groups in total. The molecule has 0 aliphatic carbocycles. The van der Waals surface area contributed by atoms with Gasteiger partial charge in [-0.2, -0.15) is 0 Å². The van der Waals surface area contributed by atoms with Crippen LogP contribution in [0.3, 0.4) is 0 Å². The molecule has 1 atom stereocenters. The first-order chi connectivity index (χ1) is 13.3. The molecular weight excluding hydrogens is 362 g/mol. The van der Waals surface area contributed by atoms with Gasteiger partial charge in [0.2, 0.25) is 0 Å². The molecule has 0 aliphatic heterocycles. The summed E-state index contributed by atoms with van der Waals surface area (Å²) in [7, 11) is 0. The number of hydrogen-bond acceptors (Lipinski definition) is 6. The Hall–Kier alpha value is -3.35. The van der Waals surface area contributed by atoms with E-state index in [4.69, 9.17) is 9.47 Å². The van der Waals surface area contributed by atoms with Gasteiger partial charge < -0.3 is 24.7 Å². The summed E-state index contributed by atoms with van der Waals surface area (Å²) in [5.41, 5.74) is 0.728. The second-order valence-electron chi connectivity index (χ2n) is 6.27. The van der Waals surface area contributed by atoms with Crippen molar-refractivity contribution in [2.75, 3.05) is 11.9 Å². The molecule has 0 aliphatic rings. The van der Waals surface area contributed by atoms with E-state index >= 15 is 0 Å². The van der Waals surface area contributed by atoms with Crippen molar-refractivity contribution in [2.24, 2.45) is 0 Å². The molecule has 2 rings (SSSR count). The zero-order valence-electron chi connectivity index (χ0n) is 16.0. The van der Waals surface area contributed by atoms with Crippen molar-refractivity contribution in [3.8, 4) is 11.5 Å². The Balaban J connectivity index is 2.09. The topological polar surface area (TPSA) is 105 Å². The number of carboxylic acids is 1. The molecule has 2 aromatic carbocycles. The summed E-state index contributed by atoms with van der Waals surface area (Å²) < 4.78 is 10.5. The number of benzene rings is 2. The maximum Gasteiger partial charge on any atom is 0.308 e. The van der Waals surface area contributed by atoms with Crippen LogP contribution in [0, 0.1) is 0 Å².